The number of hydrogen-bond acceptors (Lipinski definition) is 2. The molecule has 1 atom stereocenters. The van der Waals surface area contributed by atoms with Crippen LogP contribution in [0.25, 0.3) is 10.9 Å². The molecule has 0 fully saturated rings. The fraction of sp³-hybridized carbons (Fsp3) is 0.300. The van der Waals surface area contributed by atoms with Gasteiger partial charge in [-0.3, -0.25) is 4.68 Å². The van der Waals surface area contributed by atoms with Crippen LogP contribution in [0.4, 0.5) is 0 Å². The zero-order valence-electron chi connectivity index (χ0n) is 7.81. The number of aliphatic hydroxyl groups is 1. The van der Waals surface area contributed by atoms with E-state index in [0.29, 0.717) is 5.33 Å². The molecule has 0 aliphatic carbocycles. The number of fused-ring (bicyclic) bond motifs is 1. The predicted molar refractivity (Wildman–Crippen MR) is 59.5 cm³/mol. The maximum Gasteiger partial charge on any atom is 0.108 e. The third-order valence-corrected chi connectivity index (χ3v) is 2.86. The van der Waals surface area contributed by atoms with Gasteiger partial charge in [0.2, 0.25) is 0 Å². The van der Waals surface area contributed by atoms with Crippen LogP contribution in [-0.2, 0) is 7.05 Å². The van der Waals surface area contributed by atoms with Gasteiger partial charge in [0, 0.05) is 17.8 Å². The molecular formula is C10H11BrN2O. The van der Waals surface area contributed by atoms with E-state index in [1.54, 1.807) is 4.68 Å². The quantitative estimate of drug-likeness (QED) is 0.833. The average molecular weight is 255 g/mol. The average Bonchev–Trinajstić information content (AvgIpc) is 2.56. The lowest BCUT2D eigenvalue weighted by Crippen LogP contribution is -2.00. The van der Waals surface area contributed by atoms with E-state index < -0.39 is 6.10 Å². The number of aromatic nitrogens is 2. The van der Waals surface area contributed by atoms with Gasteiger partial charge in [0.15, 0.2) is 0 Å². The highest BCUT2D eigenvalue weighted by Crippen LogP contribution is 2.23. The highest BCUT2D eigenvalue weighted by atomic mass is 79.9. The Morgan fingerprint density at radius 1 is 1.50 bits per heavy atom. The van der Waals surface area contributed by atoms with Crippen molar-refractivity contribution < 1.29 is 5.11 Å². The van der Waals surface area contributed by atoms with Crippen molar-refractivity contribution in [3.8, 4) is 0 Å². The van der Waals surface area contributed by atoms with Gasteiger partial charge in [-0.05, 0) is 6.07 Å². The Kier molecular flexibility index (Phi) is 2.56. The second-order valence-corrected chi connectivity index (χ2v) is 3.84. The van der Waals surface area contributed by atoms with Crippen molar-refractivity contribution in [2.75, 3.05) is 5.33 Å². The largest absolute Gasteiger partial charge is 0.386 e. The molecule has 0 spiro atoms. The summed E-state index contributed by atoms with van der Waals surface area (Å²) in [6.45, 7) is 0. The van der Waals surface area contributed by atoms with Crippen LogP contribution < -0.4 is 0 Å². The summed E-state index contributed by atoms with van der Waals surface area (Å²) in [5.41, 5.74) is 1.78. The maximum absolute atomic E-state index is 9.72. The number of alkyl halides is 1. The predicted octanol–water partition coefficient (Wildman–Crippen LogP) is 2.00. The molecule has 0 bridgehead atoms. The fourth-order valence-corrected chi connectivity index (χ4v) is 1.87. The van der Waals surface area contributed by atoms with E-state index in [0.717, 1.165) is 16.6 Å². The number of rotatable bonds is 2. The normalized spacial score (nSPS) is 13.4. The first-order valence-corrected chi connectivity index (χ1v) is 5.52. The van der Waals surface area contributed by atoms with E-state index in [-0.39, 0.29) is 0 Å². The maximum atomic E-state index is 9.72. The van der Waals surface area contributed by atoms with Crippen molar-refractivity contribution in [1.82, 2.24) is 9.78 Å². The van der Waals surface area contributed by atoms with Gasteiger partial charge in [-0.15, -0.1) is 0 Å². The number of nitrogens with zero attached hydrogens (tertiary/aromatic N) is 2. The van der Waals surface area contributed by atoms with Crippen LogP contribution in [0.2, 0.25) is 0 Å². The van der Waals surface area contributed by atoms with Gasteiger partial charge in [-0.1, -0.05) is 34.1 Å². The smallest absolute Gasteiger partial charge is 0.108 e. The molecule has 1 aromatic heterocycles. The van der Waals surface area contributed by atoms with E-state index in [4.69, 9.17) is 0 Å². The lowest BCUT2D eigenvalue weighted by atomic mass is 10.1. The van der Waals surface area contributed by atoms with Crippen LogP contribution in [0, 0.1) is 0 Å². The molecule has 1 heterocycles. The molecule has 1 unspecified atom stereocenters. The molecule has 2 rings (SSSR count). The molecule has 4 heteroatoms. The Bertz CT molecular complexity index is 452. The molecule has 74 valence electrons. The Morgan fingerprint density at radius 2 is 2.21 bits per heavy atom. The zero-order valence-corrected chi connectivity index (χ0v) is 9.40. The topological polar surface area (TPSA) is 38.0 Å². The van der Waals surface area contributed by atoms with Gasteiger partial charge in [0.05, 0.1) is 11.2 Å². The molecule has 3 nitrogen and oxygen atoms in total. The Hall–Kier alpha value is -0.870. The molecule has 0 saturated heterocycles. The summed E-state index contributed by atoms with van der Waals surface area (Å²) < 4.78 is 1.79. The molecule has 14 heavy (non-hydrogen) atoms. The Morgan fingerprint density at radius 3 is 2.93 bits per heavy atom. The van der Waals surface area contributed by atoms with E-state index in [2.05, 4.69) is 21.0 Å². The molecule has 0 amide bonds. The van der Waals surface area contributed by atoms with Crippen LogP contribution >= 0.6 is 15.9 Å². The number of benzene rings is 1. The minimum Gasteiger partial charge on any atom is -0.386 e. The SMILES string of the molecule is Cn1nc(C(O)CBr)c2ccccc21. The van der Waals surface area contributed by atoms with Crippen LogP contribution in [0.1, 0.15) is 11.8 Å². The Balaban J connectivity index is 2.66. The van der Waals surface area contributed by atoms with Crippen LogP contribution in [0.15, 0.2) is 24.3 Å². The molecule has 0 aliphatic rings. The first-order valence-electron chi connectivity index (χ1n) is 4.39. The van der Waals surface area contributed by atoms with Crippen LogP contribution in [-0.4, -0.2) is 20.2 Å². The van der Waals surface area contributed by atoms with Gasteiger partial charge >= 0.3 is 0 Å². The minimum atomic E-state index is -0.541. The first-order chi connectivity index (χ1) is 6.74. The number of aryl methyl sites for hydroxylation is 1. The minimum absolute atomic E-state index is 0.508. The summed E-state index contributed by atoms with van der Waals surface area (Å²) >= 11 is 3.25. The van der Waals surface area contributed by atoms with Crippen molar-refractivity contribution in [1.29, 1.82) is 0 Å². The van der Waals surface area contributed by atoms with Crippen molar-refractivity contribution in [3.63, 3.8) is 0 Å². The molecule has 0 radical (unpaired) electrons. The molecule has 2 aromatic rings. The third kappa shape index (κ3) is 1.44. The molecule has 1 aromatic carbocycles. The lowest BCUT2D eigenvalue weighted by Gasteiger charge is -2.01. The third-order valence-electron chi connectivity index (χ3n) is 2.25. The van der Waals surface area contributed by atoms with Crippen LogP contribution in [0.5, 0.6) is 0 Å². The number of aliphatic hydroxyl groups excluding tert-OH is 1. The van der Waals surface area contributed by atoms with E-state index >= 15 is 0 Å². The fourth-order valence-electron chi connectivity index (χ4n) is 1.56. The standard InChI is InChI=1S/C10H11BrN2O/c1-13-8-5-3-2-4-7(8)10(12-13)9(14)6-11/h2-5,9,14H,6H2,1H3. The van der Waals surface area contributed by atoms with E-state index in [1.165, 1.54) is 0 Å². The monoisotopic (exact) mass is 254 g/mol. The highest BCUT2D eigenvalue weighted by Gasteiger charge is 2.14. The van der Waals surface area contributed by atoms with E-state index in [9.17, 15) is 5.11 Å². The molecule has 1 N–H and O–H groups in total. The van der Waals surface area contributed by atoms with E-state index in [1.807, 2.05) is 31.3 Å². The van der Waals surface area contributed by atoms with Gasteiger partial charge in [0.1, 0.15) is 6.10 Å². The zero-order chi connectivity index (χ0) is 10.1. The summed E-state index contributed by atoms with van der Waals surface area (Å²) in [7, 11) is 1.88. The number of halogens is 1. The van der Waals surface area contributed by atoms with Gasteiger partial charge in [-0.25, -0.2) is 0 Å². The summed E-state index contributed by atoms with van der Waals surface area (Å²) in [5, 5.41) is 15.5. The number of hydrogen-bond donors (Lipinski definition) is 1. The first kappa shape index (κ1) is 9.68. The lowest BCUT2D eigenvalue weighted by molar-refractivity contribution is 0.201. The second kappa shape index (κ2) is 3.71. The van der Waals surface area contributed by atoms with Gasteiger partial charge < -0.3 is 5.11 Å². The highest BCUT2D eigenvalue weighted by molar-refractivity contribution is 9.09. The number of para-hydroxylation sites is 1. The van der Waals surface area contributed by atoms with Crippen molar-refractivity contribution >= 4 is 26.8 Å². The second-order valence-electron chi connectivity index (χ2n) is 3.20. The van der Waals surface area contributed by atoms with Gasteiger partial charge in [-0.2, -0.15) is 5.10 Å². The molecule has 0 saturated carbocycles. The summed E-state index contributed by atoms with van der Waals surface area (Å²) in [6, 6.07) is 7.89. The van der Waals surface area contributed by atoms with Crippen molar-refractivity contribution in [2.24, 2.45) is 7.05 Å². The Labute approximate surface area is 90.5 Å². The summed E-state index contributed by atoms with van der Waals surface area (Å²) in [6.07, 6.45) is -0.541. The summed E-state index contributed by atoms with van der Waals surface area (Å²) in [4.78, 5) is 0. The summed E-state index contributed by atoms with van der Waals surface area (Å²) in [5.74, 6) is 0. The van der Waals surface area contributed by atoms with Crippen molar-refractivity contribution in [3.05, 3.63) is 30.0 Å². The van der Waals surface area contributed by atoms with Crippen LogP contribution in [0.3, 0.4) is 0 Å². The molecular weight excluding hydrogens is 244 g/mol. The van der Waals surface area contributed by atoms with Crippen molar-refractivity contribution in [2.45, 2.75) is 6.10 Å². The molecule has 0 aliphatic heterocycles. The van der Waals surface area contributed by atoms with Gasteiger partial charge in [0.25, 0.3) is 0 Å².